The van der Waals surface area contributed by atoms with Gasteiger partial charge in [-0.25, -0.2) is 0 Å². The lowest BCUT2D eigenvalue weighted by Crippen LogP contribution is -2.43. The molecule has 6 heteroatoms. The summed E-state index contributed by atoms with van der Waals surface area (Å²) < 4.78 is 21.7. The SMILES string of the molecule is C=CC[Si](CCCl)(OCCOC)OCCOC. The summed E-state index contributed by atoms with van der Waals surface area (Å²) >= 11 is 5.83. The fraction of sp³-hybridized carbons (Fsp3) is 0.818. The standard InChI is InChI=1S/C11H23ClO4Si/c1-4-10-17(11-5-12,15-8-6-13-2)16-9-7-14-3/h4H,1,5-11H2,2-3H3. The number of hydrogen-bond donors (Lipinski definition) is 0. The maximum atomic E-state index is 5.88. The van der Waals surface area contributed by atoms with E-state index in [1.165, 1.54) is 0 Å². The van der Waals surface area contributed by atoms with Crippen LogP contribution >= 0.6 is 11.6 Å². The summed E-state index contributed by atoms with van der Waals surface area (Å²) in [6, 6.07) is 1.47. The fourth-order valence-electron chi connectivity index (χ4n) is 1.39. The van der Waals surface area contributed by atoms with Crippen LogP contribution in [0.15, 0.2) is 12.7 Å². The molecule has 0 amide bonds. The molecular formula is C11H23ClO4Si. The summed E-state index contributed by atoms with van der Waals surface area (Å²) in [5.41, 5.74) is 0. The van der Waals surface area contributed by atoms with E-state index in [-0.39, 0.29) is 0 Å². The first-order valence-corrected chi connectivity index (χ1v) is 8.44. The first-order chi connectivity index (χ1) is 8.24. The Hall–Kier alpha value is 0.0869. The number of alkyl halides is 1. The zero-order chi connectivity index (χ0) is 13.0. The highest BCUT2D eigenvalue weighted by Gasteiger charge is 2.35. The van der Waals surface area contributed by atoms with Gasteiger partial charge in [0.05, 0.1) is 26.4 Å². The Morgan fingerprint density at radius 1 is 1.06 bits per heavy atom. The van der Waals surface area contributed by atoms with Gasteiger partial charge in [0, 0.05) is 32.2 Å². The largest absolute Gasteiger partial charge is 0.392 e. The van der Waals surface area contributed by atoms with Gasteiger partial charge in [-0.3, -0.25) is 0 Å². The van der Waals surface area contributed by atoms with E-state index in [4.69, 9.17) is 29.9 Å². The van der Waals surface area contributed by atoms with Gasteiger partial charge in [0.2, 0.25) is 0 Å². The second kappa shape index (κ2) is 11.2. The highest BCUT2D eigenvalue weighted by Crippen LogP contribution is 2.20. The van der Waals surface area contributed by atoms with Gasteiger partial charge in [-0.05, 0) is 0 Å². The van der Waals surface area contributed by atoms with Crippen molar-refractivity contribution in [1.82, 2.24) is 0 Å². The minimum absolute atomic E-state index is 0.528. The summed E-state index contributed by atoms with van der Waals surface area (Å²) in [6.45, 7) is 5.92. The molecule has 0 aromatic rings. The minimum atomic E-state index is -2.28. The molecule has 0 rings (SSSR count). The Labute approximate surface area is 110 Å². The number of rotatable bonds is 12. The second-order valence-electron chi connectivity index (χ2n) is 3.52. The maximum absolute atomic E-state index is 5.88. The van der Waals surface area contributed by atoms with Gasteiger partial charge in [0.15, 0.2) is 0 Å². The van der Waals surface area contributed by atoms with E-state index in [9.17, 15) is 0 Å². The molecule has 0 aromatic carbocycles. The van der Waals surface area contributed by atoms with Gasteiger partial charge < -0.3 is 18.3 Å². The van der Waals surface area contributed by atoms with E-state index >= 15 is 0 Å². The van der Waals surface area contributed by atoms with Crippen molar-refractivity contribution in [3.8, 4) is 0 Å². The van der Waals surface area contributed by atoms with Gasteiger partial charge in [0.25, 0.3) is 0 Å². The van der Waals surface area contributed by atoms with Crippen LogP contribution in [0.25, 0.3) is 0 Å². The molecule has 0 radical (unpaired) electrons. The van der Waals surface area contributed by atoms with E-state index in [1.807, 2.05) is 6.08 Å². The lowest BCUT2D eigenvalue weighted by atomic mass is 10.8. The Morgan fingerprint density at radius 3 is 1.94 bits per heavy atom. The lowest BCUT2D eigenvalue weighted by molar-refractivity contribution is 0.0874. The molecule has 0 aromatic heterocycles. The summed E-state index contributed by atoms with van der Waals surface area (Å²) in [6.07, 6.45) is 1.83. The molecule has 0 N–H and O–H groups in total. The summed E-state index contributed by atoms with van der Waals surface area (Å²) in [5, 5.41) is 0. The van der Waals surface area contributed by atoms with Crippen molar-refractivity contribution >= 4 is 20.2 Å². The van der Waals surface area contributed by atoms with Crippen LogP contribution in [0.1, 0.15) is 0 Å². The monoisotopic (exact) mass is 282 g/mol. The highest BCUT2D eigenvalue weighted by atomic mass is 35.5. The van der Waals surface area contributed by atoms with Gasteiger partial charge >= 0.3 is 8.56 Å². The van der Waals surface area contributed by atoms with Gasteiger partial charge in [0.1, 0.15) is 0 Å². The zero-order valence-electron chi connectivity index (χ0n) is 10.7. The third kappa shape index (κ3) is 7.91. The van der Waals surface area contributed by atoms with Crippen molar-refractivity contribution in [3.63, 3.8) is 0 Å². The van der Waals surface area contributed by atoms with E-state index in [1.54, 1.807) is 14.2 Å². The van der Waals surface area contributed by atoms with E-state index in [0.29, 0.717) is 32.3 Å². The number of ether oxygens (including phenoxy) is 2. The fourth-order valence-corrected chi connectivity index (χ4v) is 4.71. The van der Waals surface area contributed by atoms with Gasteiger partial charge in [-0.1, -0.05) is 6.08 Å². The highest BCUT2D eigenvalue weighted by molar-refractivity contribution is 6.68. The maximum Gasteiger partial charge on any atom is 0.343 e. The van der Waals surface area contributed by atoms with Gasteiger partial charge in [-0.2, -0.15) is 0 Å². The Bertz CT molecular complexity index is 182. The first-order valence-electron chi connectivity index (χ1n) is 5.67. The van der Waals surface area contributed by atoms with Crippen LogP contribution in [-0.4, -0.2) is 55.1 Å². The molecular weight excluding hydrogens is 260 g/mol. The van der Waals surface area contributed by atoms with Crippen molar-refractivity contribution in [2.24, 2.45) is 0 Å². The molecule has 102 valence electrons. The number of allylic oxidation sites excluding steroid dienone is 1. The molecule has 0 aliphatic carbocycles. The number of hydrogen-bond acceptors (Lipinski definition) is 4. The number of methoxy groups -OCH3 is 2. The third-order valence-electron chi connectivity index (χ3n) is 2.24. The van der Waals surface area contributed by atoms with Crippen LogP contribution in [0.4, 0.5) is 0 Å². The Kier molecular flexibility index (Phi) is 11.3. The Morgan fingerprint density at radius 2 is 1.59 bits per heavy atom. The van der Waals surface area contributed by atoms with Crippen LogP contribution in [0.3, 0.4) is 0 Å². The van der Waals surface area contributed by atoms with E-state index in [0.717, 1.165) is 12.1 Å². The molecule has 0 fully saturated rings. The van der Waals surface area contributed by atoms with Crippen molar-refractivity contribution in [1.29, 1.82) is 0 Å². The normalized spacial score (nSPS) is 11.7. The average molecular weight is 283 g/mol. The van der Waals surface area contributed by atoms with Crippen LogP contribution in [0.5, 0.6) is 0 Å². The predicted molar refractivity (Wildman–Crippen MR) is 71.9 cm³/mol. The molecule has 0 saturated heterocycles. The second-order valence-corrected chi connectivity index (χ2v) is 7.21. The first kappa shape index (κ1) is 17.1. The summed E-state index contributed by atoms with van der Waals surface area (Å²) in [7, 11) is 1.01. The molecule has 4 nitrogen and oxygen atoms in total. The molecule has 0 heterocycles. The van der Waals surface area contributed by atoms with Crippen LogP contribution in [-0.2, 0) is 18.3 Å². The molecule has 17 heavy (non-hydrogen) atoms. The van der Waals surface area contributed by atoms with E-state index in [2.05, 4.69) is 6.58 Å². The predicted octanol–water partition coefficient (Wildman–Crippen LogP) is 2.18. The smallest absolute Gasteiger partial charge is 0.343 e. The summed E-state index contributed by atoms with van der Waals surface area (Å²) in [5.74, 6) is 0.528. The van der Waals surface area contributed by atoms with Crippen LogP contribution in [0, 0.1) is 0 Å². The lowest BCUT2D eigenvalue weighted by Gasteiger charge is -2.29. The molecule has 0 aliphatic heterocycles. The molecule has 0 spiro atoms. The van der Waals surface area contributed by atoms with Crippen molar-refractivity contribution < 1.29 is 18.3 Å². The molecule has 0 aliphatic rings. The third-order valence-corrected chi connectivity index (χ3v) is 6.12. The molecule has 0 saturated carbocycles. The topological polar surface area (TPSA) is 36.9 Å². The zero-order valence-corrected chi connectivity index (χ0v) is 12.5. The quantitative estimate of drug-likeness (QED) is 0.238. The molecule has 0 unspecified atom stereocenters. The van der Waals surface area contributed by atoms with Crippen LogP contribution < -0.4 is 0 Å². The molecule has 0 bridgehead atoms. The molecule has 0 atom stereocenters. The number of halogens is 1. The minimum Gasteiger partial charge on any atom is -0.392 e. The van der Waals surface area contributed by atoms with E-state index < -0.39 is 8.56 Å². The Balaban J connectivity index is 4.30. The van der Waals surface area contributed by atoms with Crippen molar-refractivity contribution in [3.05, 3.63) is 12.7 Å². The summed E-state index contributed by atoms with van der Waals surface area (Å²) in [4.78, 5) is 0. The van der Waals surface area contributed by atoms with Crippen LogP contribution in [0.2, 0.25) is 12.1 Å². The van der Waals surface area contributed by atoms with Crippen molar-refractivity contribution in [2.75, 3.05) is 46.5 Å². The van der Waals surface area contributed by atoms with Crippen molar-refractivity contribution in [2.45, 2.75) is 12.1 Å². The average Bonchev–Trinajstić information content (AvgIpc) is 2.30. The van der Waals surface area contributed by atoms with Gasteiger partial charge in [-0.15, -0.1) is 18.2 Å².